The maximum Gasteiger partial charge on any atom is 0.157 e. The van der Waals surface area contributed by atoms with E-state index in [-0.39, 0.29) is 6.04 Å². The molecule has 2 atom stereocenters. The maximum absolute atomic E-state index is 14.6. The summed E-state index contributed by atoms with van der Waals surface area (Å²) >= 11 is 0. The highest BCUT2D eigenvalue weighted by Gasteiger charge is 2.30. The summed E-state index contributed by atoms with van der Waals surface area (Å²) in [6, 6.07) is 8.52. The van der Waals surface area contributed by atoms with Crippen LogP contribution < -0.4 is 10.2 Å². The Kier molecular flexibility index (Phi) is 5.79. The molecule has 2 fully saturated rings. The molecule has 2 saturated heterocycles. The van der Waals surface area contributed by atoms with Gasteiger partial charge in [0.1, 0.15) is 11.6 Å². The lowest BCUT2D eigenvalue weighted by Gasteiger charge is -2.44. The van der Waals surface area contributed by atoms with Gasteiger partial charge in [-0.2, -0.15) is 10.4 Å². The first-order chi connectivity index (χ1) is 16.0. The average molecular weight is 448 g/mol. The van der Waals surface area contributed by atoms with E-state index in [4.69, 9.17) is 15.0 Å². The third-order valence-electron chi connectivity index (χ3n) is 6.55. The number of fused-ring (bicyclic) bond motifs is 2. The monoisotopic (exact) mass is 447 g/mol. The lowest BCUT2D eigenvalue weighted by atomic mass is 10.0. The number of rotatable bonds is 4. The molecule has 0 spiro atoms. The smallest absolute Gasteiger partial charge is 0.157 e. The Labute approximate surface area is 192 Å². The second-order valence-corrected chi connectivity index (χ2v) is 8.65. The molecule has 1 N–H and O–H groups in total. The van der Waals surface area contributed by atoms with Gasteiger partial charge < -0.3 is 15.0 Å². The van der Waals surface area contributed by atoms with E-state index < -0.39 is 5.82 Å². The van der Waals surface area contributed by atoms with Crippen LogP contribution in [0.25, 0.3) is 10.8 Å². The molecule has 0 aliphatic carbocycles. The first-order valence-corrected chi connectivity index (χ1v) is 11.2. The van der Waals surface area contributed by atoms with Crippen molar-refractivity contribution in [3.05, 3.63) is 53.1 Å². The minimum atomic E-state index is -0.423. The third kappa shape index (κ3) is 4.19. The minimum Gasteiger partial charge on any atom is -0.378 e. The molecular weight excluding hydrogens is 421 g/mol. The van der Waals surface area contributed by atoms with E-state index in [0.717, 1.165) is 61.7 Å². The molecule has 33 heavy (non-hydrogen) atoms. The van der Waals surface area contributed by atoms with Gasteiger partial charge in [0.15, 0.2) is 5.82 Å². The van der Waals surface area contributed by atoms with Gasteiger partial charge in [-0.3, -0.25) is 4.90 Å². The van der Waals surface area contributed by atoms with Gasteiger partial charge in [0.05, 0.1) is 42.6 Å². The number of hydrogen-bond donors (Lipinski definition) is 1. The summed E-state index contributed by atoms with van der Waals surface area (Å²) in [5, 5.41) is 22.8. The highest BCUT2D eigenvalue weighted by atomic mass is 19.1. The molecule has 4 heterocycles. The summed E-state index contributed by atoms with van der Waals surface area (Å²) in [4.78, 5) is 9.49. The summed E-state index contributed by atoms with van der Waals surface area (Å²) in [6.07, 6.45) is 1.84. The van der Waals surface area contributed by atoms with Crippen molar-refractivity contribution in [1.29, 1.82) is 5.26 Å². The number of pyridine rings is 1. The van der Waals surface area contributed by atoms with Crippen molar-refractivity contribution in [3.63, 3.8) is 0 Å². The van der Waals surface area contributed by atoms with E-state index in [1.165, 1.54) is 6.07 Å². The summed E-state index contributed by atoms with van der Waals surface area (Å²) in [6.45, 7) is 9.06. The zero-order chi connectivity index (χ0) is 22.9. The first kappa shape index (κ1) is 21.5. The van der Waals surface area contributed by atoms with Crippen molar-refractivity contribution in [2.24, 2.45) is 0 Å². The third-order valence-corrected chi connectivity index (χ3v) is 6.55. The van der Waals surface area contributed by atoms with Crippen LogP contribution in [0.2, 0.25) is 0 Å². The quantitative estimate of drug-likeness (QED) is 0.653. The van der Waals surface area contributed by atoms with Gasteiger partial charge in [-0.1, -0.05) is 6.07 Å². The normalized spacial score (nSPS) is 19.7. The average Bonchev–Trinajstić information content (AvgIpc) is 2.85. The Morgan fingerprint density at radius 1 is 1.21 bits per heavy atom. The number of nitrogens with zero attached hydrogens (tertiary/aromatic N) is 6. The molecule has 0 bridgehead atoms. The molecule has 3 aromatic rings. The van der Waals surface area contributed by atoms with E-state index in [2.05, 4.69) is 25.3 Å². The molecule has 2 aliphatic heterocycles. The van der Waals surface area contributed by atoms with Crippen molar-refractivity contribution in [2.45, 2.75) is 25.9 Å². The standard InChI is InChI=1S/C24H26FN7O/c1-15(19-4-3-17(11-26)9-22(19)25)28-24-20-10-23(27-12-21(20)16(2)29-30-24)32-6-5-31-7-8-33-14-18(31)13-32/h3-4,9-10,12,15,18H,5-8,13-14H2,1-2H3,(H,28,30)/t15-,18+/m1/s1. The molecule has 5 rings (SSSR count). The topological polar surface area (TPSA) is 90.2 Å². The number of aromatic nitrogens is 3. The summed E-state index contributed by atoms with van der Waals surface area (Å²) in [5.74, 6) is 1.05. The van der Waals surface area contributed by atoms with E-state index in [9.17, 15) is 4.39 Å². The van der Waals surface area contributed by atoms with Crippen LogP contribution in [0.15, 0.2) is 30.5 Å². The molecule has 2 aliphatic rings. The zero-order valence-electron chi connectivity index (χ0n) is 18.8. The second-order valence-electron chi connectivity index (χ2n) is 8.65. The lowest BCUT2D eigenvalue weighted by Crippen LogP contribution is -2.58. The predicted molar refractivity (Wildman–Crippen MR) is 124 cm³/mol. The highest BCUT2D eigenvalue weighted by molar-refractivity contribution is 5.94. The van der Waals surface area contributed by atoms with Crippen molar-refractivity contribution in [1.82, 2.24) is 20.1 Å². The van der Waals surface area contributed by atoms with E-state index in [0.29, 0.717) is 23.0 Å². The maximum atomic E-state index is 14.6. The number of morpholine rings is 1. The van der Waals surface area contributed by atoms with Crippen LogP contribution in [0.1, 0.15) is 29.8 Å². The molecule has 9 heteroatoms. The molecule has 0 radical (unpaired) electrons. The van der Waals surface area contributed by atoms with Gasteiger partial charge in [0, 0.05) is 48.7 Å². The molecule has 0 unspecified atom stereocenters. The van der Waals surface area contributed by atoms with E-state index in [1.54, 1.807) is 12.1 Å². The number of aryl methyl sites for hydroxylation is 1. The highest BCUT2D eigenvalue weighted by Crippen LogP contribution is 2.30. The Bertz CT molecular complexity index is 1230. The Hall–Kier alpha value is -3.35. The summed E-state index contributed by atoms with van der Waals surface area (Å²) in [7, 11) is 0. The van der Waals surface area contributed by atoms with Crippen LogP contribution in [-0.2, 0) is 4.74 Å². The number of nitriles is 1. The van der Waals surface area contributed by atoms with E-state index in [1.807, 2.05) is 32.2 Å². The lowest BCUT2D eigenvalue weighted by molar-refractivity contribution is -0.0117. The minimum absolute atomic E-state index is 0.295. The Morgan fingerprint density at radius 3 is 2.91 bits per heavy atom. The van der Waals surface area contributed by atoms with Gasteiger partial charge in [-0.05, 0) is 32.0 Å². The second kappa shape index (κ2) is 8.89. The molecule has 2 aromatic heterocycles. The van der Waals surface area contributed by atoms with Gasteiger partial charge in [0.2, 0.25) is 0 Å². The number of piperazine rings is 1. The fourth-order valence-corrected chi connectivity index (χ4v) is 4.63. The Morgan fingerprint density at radius 2 is 2.09 bits per heavy atom. The van der Waals surface area contributed by atoms with Gasteiger partial charge in [0.25, 0.3) is 0 Å². The Balaban J connectivity index is 1.44. The number of anilines is 2. The predicted octanol–water partition coefficient (Wildman–Crippen LogP) is 3.04. The number of benzene rings is 1. The molecule has 1 aromatic carbocycles. The van der Waals surface area contributed by atoms with Crippen LogP contribution in [-0.4, -0.2) is 65.5 Å². The van der Waals surface area contributed by atoms with E-state index >= 15 is 0 Å². The summed E-state index contributed by atoms with van der Waals surface area (Å²) in [5.41, 5.74) is 1.55. The SMILES string of the molecule is Cc1nnc(N[C@H](C)c2ccc(C#N)cc2F)c2cc(N3CCN4CCOC[C@@H]4C3)ncc12. The van der Waals surface area contributed by atoms with Crippen molar-refractivity contribution >= 4 is 22.4 Å². The molecule has 0 saturated carbocycles. The fourth-order valence-electron chi connectivity index (χ4n) is 4.63. The number of nitrogens with one attached hydrogen (secondary N) is 1. The van der Waals surface area contributed by atoms with Crippen LogP contribution in [0.4, 0.5) is 16.0 Å². The largest absolute Gasteiger partial charge is 0.378 e. The fraction of sp³-hybridized carbons (Fsp3) is 0.417. The van der Waals surface area contributed by atoms with Gasteiger partial charge in [-0.15, -0.1) is 5.10 Å². The first-order valence-electron chi connectivity index (χ1n) is 11.2. The van der Waals surface area contributed by atoms with Crippen LogP contribution >= 0.6 is 0 Å². The van der Waals surface area contributed by atoms with Crippen LogP contribution in [0.3, 0.4) is 0 Å². The molecule has 0 amide bonds. The van der Waals surface area contributed by atoms with Crippen molar-refractivity contribution in [3.8, 4) is 6.07 Å². The molecule has 170 valence electrons. The molecular formula is C24H26FN7O. The van der Waals surface area contributed by atoms with Crippen molar-refractivity contribution < 1.29 is 9.13 Å². The molecule has 8 nitrogen and oxygen atoms in total. The number of halogens is 1. The van der Waals surface area contributed by atoms with Gasteiger partial charge in [-0.25, -0.2) is 9.37 Å². The van der Waals surface area contributed by atoms with Crippen LogP contribution in [0, 0.1) is 24.1 Å². The zero-order valence-corrected chi connectivity index (χ0v) is 18.8. The summed E-state index contributed by atoms with van der Waals surface area (Å²) < 4.78 is 20.2. The van der Waals surface area contributed by atoms with Gasteiger partial charge >= 0.3 is 0 Å². The van der Waals surface area contributed by atoms with Crippen molar-refractivity contribution in [2.75, 3.05) is 49.6 Å². The number of ether oxygens (including phenoxy) is 1. The van der Waals surface area contributed by atoms with Crippen LogP contribution in [0.5, 0.6) is 0 Å². The number of hydrogen-bond acceptors (Lipinski definition) is 8.